The third-order valence-electron chi connectivity index (χ3n) is 2.62. The first-order valence-electron chi connectivity index (χ1n) is 5.86. The van der Waals surface area contributed by atoms with E-state index in [-0.39, 0.29) is 0 Å². The predicted molar refractivity (Wildman–Crippen MR) is 61.2 cm³/mol. The normalized spacial score (nSPS) is 24.0. The zero-order valence-electron chi connectivity index (χ0n) is 10.00. The molecule has 1 atom stereocenters. The number of hydrogen-bond donors (Lipinski definition) is 1. The fraction of sp³-hybridized carbons (Fsp3) is 1.00. The summed E-state index contributed by atoms with van der Waals surface area (Å²) in [6.45, 7) is 9.16. The van der Waals surface area contributed by atoms with Gasteiger partial charge in [-0.3, -0.25) is 4.90 Å². The Morgan fingerprint density at radius 1 is 1.47 bits per heavy atom. The fourth-order valence-electron chi connectivity index (χ4n) is 1.82. The molecular formula is C11H24N2O2. The number of hydrogen-bond acceptors (Lipinski definition) is 4. The summed E-state index contributed by atoms with van der Waals surface area (Å²) < 4.78 is 10.6. The van der Waals surface area contributed by atoms with Crippen LogP contribution in [0.2, 0.25) is 0 Å². The van der Waals surface area contributed by atoms with Gasteiger partial charge >= 0.3 is 0 Å². The molecule has 0 aromatic carbocycles. The highest BCUT2D eigenvalue weighted by Gasteiger charge is 2.13. The van der Waals surface area contributed by atoms with Crippen molar-refractivity contribution < 1.29 is 9.47 Å². The Morgan fingerprint density at radius 2 is 2.33 bits per heavy atom. The van der Waals surface area contributed by atoms with Crippen molar-refractivity contribution in [3.8, 4) is 0 Å². The summed E-state index contributed by atoms with van der Waals surface area (Å²) in [7, 11) is 1.73. The van der Waals surface area contributed by atoms with Crippen LogP contribution < -0.4 is 5.32 Å². The maximum atomic E-state index is 5.60. The van der Waals surface area contributed by atoms with E-state index in [9.17, 15) is 0 Å². The topological polar surface area (TPSA) is 33.7 Å². The first-order chi connectivity index (χ1) is 7.33. The van der Waals surface area contributed by atoms with Gasteiger partial charge in [-0.25, -0.2) is 0 Å². The molecule has 1 heterocycles. The lowest BCUT2D eigenvalue weighted by atomic mass is 10.3. The smallest absolute Gasteiger partial charge is 0.0673 e. The molecule has 15 heavy (non-hydrogen) atoms. The molecule has 1 N–H and O–H groups in total. The van der Waals surface area contributed by atoms with E-state index in [0.29, 0.717) is 6.10 Å². The van der Waals surface area contributed by atoms with Gasteiger partial charge in [0.2, 0.25) is 0 Å². The summed E-state index contributed by atoms with van der Waals surface area (Å²) in [6.07, 6.45) is 1.54. The Kier molecular flexibility index (Phi) is 6.92. The largest absolute Gasteiger partial charge is 0.383 e. The van der Waals surface area contributed by atoms with Gasteiger partial charge in [0.1, 0.15) is 0 Å². The minimum absolute atomic E-state index is 0.381. The molecule has 0 bridgehead atoms. The Hall–Kier alpha value is -0.160. The Morgan fingerprint density at radius 3 is 3.13 bits per heavy atom. The molecule has 0 aromatic rings. The van der Waals surface area contributed by atoms with Crippen LogP contribution in [0.5, 0.6) is 0 Å². The van der Waals surface area contributed by atoms with Gasteiger partial charge in [0.05, 0.1) is 12.7 Å². The van der Waals surface area contributed by atoms with Gasteiger partial charge in [-0.15, -0.1) is 0 Å². The first-order valence-corrected chi connectivity index (χ1v) is 5.86. The highest BCUT2D eigenvalue weighted by Crippen LogP contribution is 2.04. The molecule has 1 rings (SSSR count). The van der Waals surface area contributed by atoms with Crippen LogP contribution in [0.3, 0.4) is 0 Å². The molecule has 0 amide bonds. The molecule has 0 spiro atoms. The minimum atomic E-state index is 0.381. The van der Waals surface area contributed by atoms with Crippen molar-refractivity contribution in [2.24, 2.45) is 0 Å². The highest BCUT2D eigenvalue weighted by molar-refractivity contribution is 4.67. The van der Waals surface area contributed by atoms with Gasteiger partial charge in [-0.05, 0) is 13.3 Å². The van der Waals surface area contributed by atoms with Gasteiger partial charge in [0, 0.05) is 46.4 Å². The molecular weight excluding hydrogens is 192 g/mol. The molecule has 0 saturated carbocycles. The lowest BCUT2D eigenvalue weighted by molar-refractivity contribution is 0.0678. The molecule has 1 aliphatic heterocycles. The maximum absolute atomic E-state index is 5.60. The number of ether oxygens (including phenoxy) is 2. The van der Waals surface area contributed by atoms with Gasteiger partial charge in [0.15, 0.2) is 0 Å². The molecule has 1 fully saturated rings. The Bertz CT molecular complexity index is 156. The van der Waals surface area contributed by atoms with Gasteiger partial charge in [-0.1, -0.05) is 0 Å². The van der Waals surface area contributed by atoms with Crippen LogP contribution in [0.25, 0.3) is 0 Å². The third kappa shape index (κ3) is 6.10. The van der Waals surface area contributed by atoms with E-state index in [1.54, 1.807) is 7.11 Å². The second kappa shape index (κ2) is 8.05. The quantitative estimate of drug-likeness (QED) is 0.649. The van der Waals surface area contributed by atoms with Crippen LogP contribution in [0.4, 0.5) is 0 Å². The average Bonchev–Trinajstić information content (AvgIpc) is 2.43. The summed E-state index contributed by atoms with van der Waals surface area (Å²) in [5.74, 6) is 0. The molecule has 0 radical (unpaired) electrons. The van der Waals surface area contributed by atoms with Crippen LogP contribution in [-0.4, -0.2) is 64.1 Å². The molecule has 1 saturated heterocycles. The number of nitrogens with zero attached hydrogens (tertiary/aromatic N) is 1. The van der Waals surface area contributed by atoms with E-state index < -0.39 is 0 Å². The Labute approximate surface area is 92.9 Å². The number of methoxy groups -OCH3 is 1. The van der Waals surface area contributed by atoms with E-state index in [4.69, 9.17) is 9.47 Å². The molecule has 4 heteroatoms. The lowest BCUT2D eigenvalue weighted by Gasteiger charge is -2.21. The highest BCUT2D eigenvalue weighted by atomic mass is 16.5. The SMILES string of the molecule is COCCNCCN1CCCOC(C)C1. The van der Waals surface area contributed by atoms with Gasteiger partial charge in [0.25, 0.3) is 0 Å². The van der Waals surface area contributed by atoms with Crippen molar-refractivity contribution in [3.05, 3.63) is 0 Å². The van der Waals surface area contributed by atoms with E-state index in [0.717, 1.165) is 52.4 Å². The van der Waals surface area contributed by atoms with Gasteiger partial charge < -0.3 is 14.8 Å². The van der Waals surface area contributed by atoms with Crippen molar-refractivity contribution in [3.63, 3.8) is 0 Å². The molecule has 0 aromatic heterocycles. The first kappa shape index (κ1) is 12.9. The van der Waals surface area contributed by atoms with E-state index in [1.807, 2.05) is 0 Å². The van der Waals surface area contributed by atoms with Crippen molar-refractivity contribution >= 4 is 0 Å². The minimum Gasteiger partial charge on any atom is -0.383 e. The number of rotatable bonds is 6. The summed E-state index contributed by atoms with van der Waals surface area (Å²) in [6, 6.07) is 0. The Balaban J connectivity index is 2.03. The summed E-state index contributed by atoms with van der Waals surface area (Å²) >= 11 is 0. The van der Waals surface area contributed by atoms with Crippen molar-refractivity contribution in [2.75, 3.05) is 53.0 Å². The van der Waals surface area contributed by atoms with Crippen LogP contribution in [0, 0.1) is 0 Å². The lowest BCUT2D eigenvalue weighted by Crippen LogP contribution is -2.36. The third-order valence-corrected chi connectivity index (χ3v) is 2.62. The standard InChI is InChI=1S/C11H24N2O2/c1-11-10-13(6-3-8-15-11)7-4-12-5-9-14-2/h11-12H,3-10H2,1-2H3. The molecule has 90 valence electrons. The molecule has 4 nitrogen and oxygen atoms in total. The molecule has 1 aliphatic rings. The zero-order valence-corrected chi connectivity index (χ0v) is 10.00. The van der Waals surface area contributed by atoms with Crippen LogP contribution in [0.1, 0.15) is 13.3 Å². The van der Waals surface area contributed by atoms with E-state index >= 15 is 0 Å². The van der Waals surface area contributed by atoms with Crippen molar-refractivity contribution in [2.45, 2.75) is 19.4 Å². The van der Waals surface area contributed by atoms with E-state index in [2.05, 4.69) is 17.1 Å². The monoisotopic (exact) mass is 216 g/mol. The summed E-state index contributed by atoms with van der Waals surface area (Å²) in [4.78, 5) is 2.47. The summed E-state index contributed by atoms with van der Waals surface area (Å²) in [5, 5.41) is 3.36. The van der Waals surface area contributed by atoms with E-state index in [1.165, 1.54) is 0 Å². The van der Waals surface area contributed by atoms with Crippen LogP contribution >= 0.6 is 0 Å². The van der Waals surface area contributed by atoms with Crippen LogP contribution in [0.15, 0.2) is 0 Å². The summed E-state index contributed by atoms with van der Waals surface area (Å²) in [5.41, 5.74) is 0. The fourth-order valence-corrected chi connectivity index (χ4v) is 1.82. The molecule has 1 unspecified atom stereocenters. The zero-order chi connectivity index (χ0) is 10.9. The molecule has 0 aliphatic carbocycles. The van der Waals surface area contributed by atoms with Crippen molar-refractivity contribution in [1.29, 1.82) is 0 Å². The average molecular weight is 216 g/mol. The van der Waals surface area contributed by atoms with Crippen molar-refractivity contribution in [1.82, 2.24) is 10.2 Å². The second-order valence-electron chi connectivity index (χ2n) is 4.08. The predicted octanol–water partition coefficient (Wildman–Crippen LogP) is 0.333. The second-order valence-corrected chi connectivity index (χ2v) is 4.08. The van der Waals surface area contributed by atoms with Crippen LogP contribution in [-0.2, 0) is 9.47 Å². The number of nitrogens with one attached hydrogen (secondary N) is 1. The maximum Gasteiger partial charge on any atom is 0.0673 e. The van der Waals surface area contributed by atoms with Gasteiger partial charge in [-0.2, -0.15) is 0 Å².